The normalized spacial score (nSPS) is 24.0. The minimum atomic E-state index is -0.469. The van der Waals surface area contributed by atoms with E-state index in [1.807, 2.05) is 25.7 Å². The summed E-state index contributed by atoms with van der Waals surface area (Å²) >= 11 is 0. The zero-order chi connectivity index (χ0) is 18.5. The Morgan fingerprint density at radius 1 is 1.40 bits per heavy atom. The van der Waals surface area contributed by atoms with Crippen LogP contribution in [0.25, 0.3) is 0 Å². The maximum atomic E-state index is 12.5. The molecule has 0 aromatic heterocycles. The van der Waals surface area contributed by atoms with Gasteiger partial charge in [-0.25, -0.2) is 4.79 Å². The Kier molecular flexibility index (Phi) is 7.11. The fourth-order valence-corrected chi connectivity index (χ4v) is 3.30. The zero-order valence-electron chi connectivity index (χ0n) is 16.6. The van der Waals surface area contributed by atoms with Crippen molar-refractivity contribution in [3.05, 3.63) is 0 Å². The number of hydrogen-bond acceptors (Lipinski definition) is 5. The van der Waals surface area contributed by atoms with Gasteiger partial charge in [0, 0.05) is 32.8 Å². The van der Waals surface area contributed by atoms with Crippen LogP contribution in [0.15, 0.2) is 0 Å². The summed E-state index contributed by atoms with van der Waals surface area (Å²) in [5, 5.41) is 3.66. The summed E-state index contributed by atoms with van der Waals surface area (Å²) in [4.78, 5) is 14.3. The molecule has 1 saturated heterocycles. The molecule has 1 aliphatic carbocycles. The van der Waals surface area contributed by atoms with Gasteiger partial charge in [-0.15, -0.1) is 0 Å². The third kappa shape index (κ3) is 6.76. The highest BCUT2D eigenvalue weighted by molar-refractivity contribution is 5.68. The first kappa shape index (κ1) is 20.5. The van der Waals surface area contributed by atoms with Crippen LogP contribution < -0.4 is 5.32 Å². The van der Waals surface area contributed by atoms with Crippen LogP contribution in [-0.2, 0) is 14.2 Å². The van der Waals surface area contributed by atoms with E-state index >= 15 is 0 Å². The van der Waals surface area contributed by atoms with Crippen LogP contribution in [0.5, 0.6) is 0 Å². The Morgan fingerprint density at radius 3 is 2.72 bits per heavy atom. The van der Waals surface area contributed by atoms with Crippen molar-refractivity contribution in [3.8, 4) is 0 Å². The first-order valence-electron chi connectivity index (χ1n) is 9.54. The molecule has 1 heterocycles. The highest BCUT2D eigenvalue weighted by atomic mass is 16.6. The van der Waals surface area contributed by atoms with Gasteiger partial charge in [0.15, 0.2) is 0 Å². The van der Waals surface area contributed by atoms with E-state index in [1.54, 1.807) is 7.11 Å². The molecule has 6 heteroatoms. The molecule has 1 saturated carbocycles. The first-order chi connectivity index (χ1) is 11.7. The van der Waals surface area contributed by atoms with Crippen LogP contribution in [0.2, 0.25) is 0 Å². The number of hydrogen-bond donors (Lipinski definition) is 1. The minimum Gasteiger partial charge on any atom is -0.444 e. The molecule has 1 N–H and O–H groups in total. The molecular formula is C19H36N2O4. The van der Waals surface area contributed by atoms with Gasteiger partial charge < -0.3 is 24.4 Å². The quantitative estimate of drug-likeness (QED) is 0.725. The summed E-state index contributed by atoms with van der Waals surface area (Å²) < 4.78 is 16.4. The summed E-state index contributed by atoms with van der Waals surface area (Å²) in [6.07, 6.45) is 4.34. The molecule has 2 aliphatic rings. The number of morpholine rings is 1. The average molecular weight is 357 g/mol. The molecule has 1 aliphatic heterocycles. The van der Waals surface area contributed by atoms with Crippen LogP contribution in [0.3, 0.4) is 0 Å². The zero-order valence-corrected chi connectivity index (χ0v) is 16.6. The van der Waals surface area contributed by atoms with Gasteiger partial charge in [-0.3, -0.25) is 0 Å². The molecular weight excluding hydrogens is 320 g/mol. The first-order valence-corrected chi connectivity index (χ1v) is 9.54. The molecule has 146 valence electrons. The highest BCUT2D eigenvalue weighted by Crippen LogP contribution is 2.48. The minimum absolute atomic E-state index is 0.0697. The van der Waals surface area contributed by atoms with Crippen molar-refractivity contribution in [2.24, 2.45) is 5.41 Å². The fourth-order valence-electron chi connectivity index (χ4n) is 3.30. The molecule has 0 aromatic rings. The Labute approximate surface area is 152 Å². The summed E-state index contributed by atoms with van der Waals surface area (Å²) in [6.45, 7) is 11.5. The predicted octanol–water partition coefficient (Wildman–Crippen LogP) is 2.81. The standard InChI is InChI=1S/C19H36N2O4/c1-15(20-14-19(6-7-19)8-10-23-5)12-16-13-24-11-9-21(16)17(22)25-18(2,3)4/h15-16,20H,6-14H2,1-5H3. The van der Waals surface area contributed by atoms with Crippen LogP contribution in [0, 0.1) is 5.41 Å². The Bertz CT molecular complexity index is 432. The van der Waals surface area contributed by atoms with Crippen molar-refractivity contribution in [1.82, 2.24) is 10.2 Å². The third-order valence-electron chi connectivity index (χ3n) is 5.10. The fraction of sp³-hybridized carbons (Fsp3) is 0.947. The number of carbonyl (C=O) groups excluding carboxylic acids is 1. The summed E-state index contributed by atoms with van der Waals surface area (Å²) in [7, 11) is 1.76. The molecule has 2 unspecified atom stereocenters. The summed E-state index contributed by atoms with van der Waals surface area (Å²) in [5.74, 6) is 0. The van der Waals surface area contributed by atoms with Gasteiger partial charge in [-0.2, -0.15) is 0 Å². The van der Waals surface area contributed by atoms with E-state index in [2.05, 4.69) is 12.2 Å². The van der Waals surface area contributed by atoms with Gasteiger partial charge >= 0.3 is 6.09 Å². The number of amides is 1. The van der Waals surface area contributed by atoms with E-state index in [4.69, 9.17) is 14.2 Å². The summed E-state index contributed by atoms with van der Waals surface area (Å²) in [6, 6.07) is 0.400. The number of ether oxygens (including phenoxy) is 3. The van der Waals surface area contributed by atoms with E-state index < -0.39 is 5.60 Å². The van der Waals surface area contributed by atoms with Gasteiger partial charge in [0.25, 0.3) is 0 Å². The maximum absolute atomic E-state index is 12.5. The van der Waals surface area contributed by atoms with Crippen LogP contribution in [-0.4, -0.2) is 68.7 Å². The van der Waals surface area contributed by atoms with Crippen molar-refractivity contribution in [2.45, 2.75) is 71.1 Å². The molecule has 0 bridgehead atoms. The van der Waals surface area contributed by atoms with Gasteiger partial charge in [0.1, 0.15) is 5.60 Å². The Morgan fingerprint density at radius 2 is 2.12 bits per heavy atom. The number of nitrogens with one attached hydrogen (secondary N) is 1. The third-order valence-corrected chi connectivity index (χ3v) is 5.10. The average Bonchev–Trinajstić information content (AvgIpc) is 3.30. The van der Waals surface area contributed by atoms with Crippen LogP contribution >= 0.6 is 0 Å². The molecule has 25 heavy (non-hydrogen) atoms. The number of nitrogens with zero attached hydrogens (tertiary/aromatic N) is 1. The highest BCUT2D eigenvalue weighted by Gasteiger charge is 2.42. The lowest BCUT2D eigenvalue weighted by Gasteiger charge is -2.38. The number of carbonyl (C=O) groups is 1. The van der Waals surface area contributed by atoms with Crippen molar-refractivity contribution in [3.63, 3.8) is 0 Å². The topological polar surface area (TPSA) is 60.0 Å². The number of rotatable bonds is 8. The molecule has 2 rings (SSSR count). The van der Waals surface area contributed by atoms with Crippen molar-refractivity contribution in [1.29, 1.82) is 0 Å². The largest absolute Gasteiger partial charge is 0.444 e. The van der Waals surface area contributed by atoms with Crippen LogP contribution in [0.1, 0.15) is 53.4 Å². The van der Waals surface area contributed by atoms with E-state index in [9.17, 15) is 4.79 Å². The van der Waals surface area contributed by atoms with E-state index in [0.717, 1.165) is 26.0 Å². The molecule has 0 radical (unpaired) electrons. The van der Waals surface area contributed by atoms with Gasteiger partial charge in [-0.05, 0) is 58.8 Å². The van der Waals surface area contributed by atoms with E-state index in [0.29, 0.717) is 31.2 Å². The molecule has 0 spiro atoms. The molecule has 1 amide bonds. The lowest BCUT2D eigenvalue weighted by Crippen LogP contribution is -2.52. The second-order valence-corrected chi connectivity index (χ2v) is 8.66. The lowest BCUT2D eigenvalue weighted by atomic mass is 10.0. The summed E-state index contributed by atoms with van der Waals surface area (Å²) in [5.41, 5.74) is -0.0400. The molecule has 2 fully saturated rings. The Balaban J connectivity index is 1.80. The monoisotopic (exact) mass is 356 g/mol. The smallest absolute Gasteiger partial charge is 0.410 e. The van der Waals surface area contributed by atoms with Gasteiger partial charge in [0.2, 0.25) is 0 Å². The van der Waals surface area contributed by atoms with E-state index in [-0.39, 0.29) is 12.1 Å². The van der Waals surface area contributed by atoms with Crippen molar-refractivity contribution < 1.29 is 19.0 Å². The number of methoxy groups -OCH3 is 1. The van der Waals surface area contributed by atoms with Crippen molar-refractivity contribution >= 4 is 6.09 Å². The maximum Gasteiger partial charge on any atom is 0.410 e. The Hall–Kier alpha value is -0.850. The van der Waals surface area contributed by atoms with Crippen LogP contribution in [0.4, 0.5) is 4.79 Å². The molecule has 2 atom stereocenters. The van der Waals surface area contributed by atoms with Gasteiger partial charge in [0.05, 0.1) is 19.3 Å². The second-order valence-electron chi connectivity index (χ2n) is 8.66. The van der Waals surface area contributed by atoms with Gasteiger partial charge in [-0.1, -0.05) is 0 Å². The molecule has 6 nitrogen and oxygen atoms in total. The van der Waals surface area contributed by atoms with E-state index in [1.165, 1.54) is 12.8 Å². The lowest BCUT2D eigenvalue weighted by molar-refractivity contribution is -0.0356. The predicted molar refractivity (Wildman–Crippen MR) is 97.8 cm³/mol. The molecule has 0 aromatic carbocycles. The second kappa shape index (κ2) is 8.69. The van der Waals surface area contributed by atoms with Crippen molar-refractivity contribution in [2.75, 3.05) is 40.0 Å². The SMILES string of the molecule is COCCC1(CNC(C)CC2COCCN2C(=O)OC(C)(C)C)CC1.